The van der Waals surface area contributed by atoms with Gasteiger partial charge in [0, 0.05) is 10.0 Å². The highest BCUT2D eigenvalue weighted by Gasteiger charge is 2.46. The molecule has 1 amide bonds. The highest BCUT2D eigenvalue weighted by Crippen LogP contribution is 2.41. The lowest BCUT2D eigenvalue weighted by atomic mass is 9.99. The molecule has 2 aromatic carbocycles. The zero-order valence-electron chi connectivity index (χ0n) is 15.6. The molecule has 1 N–H and O–H groups in total. The van der Waals surface area contributed by atoms with Gasteiger partial charge in [-0.05, 0) is 35.9 Å². The average molecular weight is 481 g/mol. The lowest BCUT2D eigenvalue weighted by Crippen LogP contribution is -2.30. The molecule has 12 heteroatoms. The van der Waals surface area contributed by atoms with Crippen LogP contribution in [0.15, 0.2) is 51.7 Å². The van der Waals surface area contributed by atoms with E-state index in [0.717, 1.165) is 4.90 Å². The average Bonchev–Trinajstić information content (AvgIpc) is 3.33. The fourth-order valence-corrected chi connectivity index (χ4v) is 3.90. The second-order valence-electron chi connectivity index (χ2n) is 6.93. The molecule has 0 radical (unpaired) electrons. The summed E-state index contributed by atoms with van der Waals surface area (Å²) < 4.78 is 44.9. The van der Waals surface area contributed by atoms with Crippen molar-refractivity contribution in [1.82, 2.24) is 15.2 Å². The topological polar surface area (TPSA) is 92.1 Å². The Bertz CT molecular complexity index is 1450. The van der Waals surface area contributed by atoms with Gasteiger partial charge in [0.05, 0.1) is 17.0 Å². The van der Waals surface area contributed by atoms with E-state index in [-0.39, 0.29) is 27.3 Å². The number of nitrogens with zero attached hydrogens (tertiary/aromatic N) is 3. The van der Waals surface area contributed by atoms with Gasteiger partial charge in [-0.2, -0.15) is 18.2 Å². The molecule has 7 nitrogen and oxygen atoms in total. The number of anilines is 1. The van der Waals surface area contributed by atoms with Crippen molar-refractivity contribution in [2.45, 2.75) is 12.2 Å². The highest BCUT2D eigenvalue weighted by atomic mass is 35.5. The molecule has 0 bridgehead atoms. The minimum atomic E-state index is -4.81. The maximum absolute atomic E-state index is 13.4. The van der Waals surface area contributed by atoms with Crippen LogP contribution in [-0.2, 0) is 6.18 Å². The Morgan fingerprint density at radius 2 is 1.72 bits per heavy atom. The van der Waals surface area contributed by atoms with Crippen molar-refractivity contribution in [1.29, 1.82) is 0 Å². The third-order valence-electron chi connectivity index (χ3n) is 4.98. The molecule has 0 fully saturated rings. The lowest BCUT2D eigenvalue weighted by molar-refractivity contribution is -0.144. The molecule has 162 valence electrons. The van der Waals surface area contributed by atoms with Crippen LogP contribution in [0.1, 0.15) is 33.5 Å². The highest BCUT2D eigenvalue weighted by molar-refractivity contribution is 6.31. The van der Waals surface area contributed by atoms with E-state index in [1.165, 1.54) is 30.3 Å². The smallest absolute Gasteiger partial charge is 0.450 e. The molecule has 4 aromatic rings. The van der Waals surface area contributed by atoms with Crippen molar-refractivity contribution < 1.29 is 22.4 Å². The summed E-state index contributed by atoms with van der Waals surface area (Å²) in [5.74, 6) is -3.12. The largest absolute Gasteiger partial charge is 0.451 e. The first-order valence-electron chi connectivity index (χ1n) is 9.00. The normalized spacial score (nSPS) is 16.1. The lowest BCUT2D eigenvalue weighted by Gasteiger charge is -2.21. The number of rotatable bonds is 2. The molecule has 0 spiro atoms. The quantitative estimate of drug-likeness (QED) is 0.436. The first-order chi connectivity index (χ1) is 15.1. The third-order valence-corrected chi connectivity index (χ3v) is 5.46. The van der Waals surface area contributed by atoms with E-state index in [9.17, 15) is 22.8 Å². The molecule has 0 saturated heterocycles. The molecule has 1 aliphatic rings. The molecule has 32 heavy (non-hydrogen) atoms. The molecule has 5 rings (SSSR count). The van der Waals surface area contributed by atoms with Gasteiger partial charge in [0.1, 0.15) is 5.58 Å². The summed E-state index contributed by atoms with van der Waals surface area (Å²) in [6, 6.07) is 9.30. The number of alkyl halides is 3. The van der Waals surface area contributed by atoms with Gasteiger partial charge in [-0.1, -0.05) is 35.3 Å². The van der Waals surface area contributed by atoms with Gasteiger partial charge >= 0.3 is 6.18 Å². The number of hydrogen-bond donors (Lipinski definition) is 1. The number of H-pyrrole nitrogens is 1. The van der Waals surface area contributed by atoms with Crippen LogP contribution >= 0.6 is 23.2 Å². The minimum absolute atomic E-state index is 0.0644. The monoisotopic (exact) mass is 480 g/mol. The number of amides is 1. The third kappa shape index (κ3) is 3.14. The first-order valence-corrected chi connectivity index (χ1v) is 9.75. The number of aromatic nitrogens is 3. The SMILES string of the molecule is O=C1c2oc3ccc(Cl)cc3c(=O)c2C(c2ccc(Cl)cc2)N1c1n[nH]c(C(F)(F)F)n1. The summed E-state index contributed by atoms with van der Waals surface area (Å²) in [7, 11) is 0. The molecular weight excluding hydrogens is 472 g/mol. The molecule has 0 aliphatic carbocycles. The van der Waals surface area contributed by atoms with Crippen molar-refractivity contribution in [2.75, 3.05) is 4.90 Å². The molecule has 1 aliphatic heterocycles. The van der Waals surface area contributed by atoms with Gasteiger partial charge in [0.15, 0.2) is 5.43 Å². The van der Waals surface area contributed by atoms with Crippen molar-refractivity contribution >= 4 is 46.0 Å². The van der Waals surface area contributed by atoms with E-state index in [1.807, 2.05) is 0 Å². The first kappa shape index (κ1) is 20.5. The molecule has 1 unspecified atom stereocenters. The van der Waals surface area contributed by atoms with Crippen molar-refractivity contribution in [3.8, 4) is 0 Å². The van der Waals surface area contributed by atoms with Gasteiger partial charge < -0.3 is 4.42 Å². The van der Waals surface area contributed by atoms with Crippen LogP contribution < -0.4 is 10.3 Å². The van der Waals surface area contributed by atoms with Gasteiger partial charge in [-0.25, -0.2) is 0 Å². The summed E-state index contributed by atoms with van der Waals surface area (Å²) in [5, 5.41) is 6.13. The summed E-state index contributed by atoms with van der Waals surface area (Å²) in [6.45, 7) is 0. The van der Waals surface area contributed by atoms with Crippen LogP contribution in [0.25, 0.3) is 11.0 Å². The van der Waals surface area contributed by atoms with E-state index in [1.54, 1.807) is 17.2 Å². The summed E-state index contributed by atoms with van der Waals surface area (Å²) in [4.78, 5) is 30.9. The molecule has 2 aromatic heterocycles. The maximum Gasteiger partial charge on any atom is 0.451 e. The van der Waals surface area contributed by atoms with E-state index in [4.69, 9.17) is 27.6 Å². The van der Waals surface area contributed by atoms with E-state index < -0.39 is 35.3 Å². The van der Waals surface area contributed by atoms with Gasteiger partial charge in [-0.3, -0.25) is 19.6 Å². The Kier molecular flexibility index (Phi) is 4.54. The molecular formula is C20H9Cl2F3N4O3. The van der Waals surface area contributed by atoms with Crippen LogP contribution in [0.5, 0.6) is 0 Å². The number of nitrogens with one attached hydrogen (secondary N) is 1. The second kappa shape index (κ2) is 7.07. The molecule has 0 saturated carbocycles. The van der Waals surface area contributed by atoms with Crippen molar-refractivity contribution in [2.24, 2.45) is 0 Å². The Balaban J connectivity index is 1.78. The summed E-state index contributed by atoms with van der Waals surface area (Å²) >= 11 is 12.0. The number of carbonyl (C=O) groups is 1. The van der Waals surface area contributed by atoms with Crippen molar-refractivity contribution in [3.05, 3.63) is 85.4 Å². The van der Waals surface area contributed by atoms with Gasteiger partial charge in [0.2, 0.25) is 11.6 Å². The van der Waals surface area contributed by atoms with Crippen LogP contribution in [0, 0.1) is 0 Å². The number of hydrogen-bond acceptors (Lipinski definition) is 5. The fourth-order valence-electron chi connectivity index (χ4n) is 3.60. The Morgan fingerprint density at radius 1 is 1.03 bits per heavy atom. The summed E-state index contributed by atoms with van der Waals surface area (Å²) in [6.07, 6.45) is -4.81. The van der Waals surface area contributed by atoms with Crippen LogP contribution in [0.3, 0.4) is 0 Å². The summed E-state index contributed by atoms with van der Waals surface area (Å²) in [5.41, 5.74) is -0.112. The fraction of sp³-hybridized carbons (Fsp3) is 0.100. The Labute approximate surface area is 186 Å². The van der Waals surface area contributed by atoms with Gasteiger partial charge in [0.25, 0.3) is 11.9 Å². The van der Waals surface area contributed by atoms with Crippen LogP contribution in [0.4, 0.5) is 19.1 Å². The van der Waals surface area contributed by atoms with E-state index >= 15 is 0 Å². The molecule has 3 heterocycles. The zero-order valence-corrected chi connectivity index (χ0v) is 17.1. The Morgan fingerprint density at radius 3 is 2.38 bits per heavy atom. The van der Waals surface area contributed by atoms with E-state index in [0.29, 0.717) is 10.6 Å². The van der Waals surface area contributed by atoms with E-state index in [2.05, 4.69) is 10.1 Å². The van der Waals surface area contributed by atoms with Gasteiger partial charge in [-0.15, -0.1) is 5.10 Å². The standard InChI is InChI=1S/C20H9Cl2F3N4O3/c21-9-3-1-8(2-4-9)14-13-15(30)11-7-10(22)5-6-12(11)32-16(13)17(31)29(14)19-26-18(27-28-19)20(23,24)25/h1-7,14H,(H,26,27,28). The molecule has 1 atom stereocenters. The second-order valence-corrected chi connectivity index (χ2v) is 7.80. The van der Waals surface area contributed by atoms with Crippen LogP contribution in [-0.4, -0.2) is 21.1 Å². The zero-order chi connectivity index (χ0) is 22.8. The number of aromatic amines is 1. The predicted molar refractivity (Wildman–Crippen MR) is 109 cm³/mol. The van der Waals surface area contributed by atoms with Crippen molar-refractivity contribution in [3.63, 3.8) is 0 Å². The number of halogens is 5. The Hall–Kier alpha value is -3.37. The predicted octanol–water partition coefficient (Wildman–Crippen LogP) is 4.99. The number of carbonyl (C=O) groups excluding carboxylic acids is 1. The number of benzene rings is 2. The number of fused-ring (bicyclic) bond motifs is 2. The maximum atomic E-state index is 13.4. The van der Waals surface area contributed by atoms with Crippen LogP contribution in [0.2, 0.25) is 10.0 Å². The minimum Gasteiger partial charge on any atom is -0.450 e.